The lowest BCUT2D eigenvalue weighted by atomic mass is 10.1. The SMILES string of the molecule is O=C(c1ccc(C(F)(F)F)cc1)N1CC[C@H](n2c(-c3ccoc3)nc3cccnc32)C1. The maximum atomic E-state index is 12.9. The molecule has 0 spiro atoms. The summed E-state index contributed by atoms with van der Waals surface area (Å²) in [7, 11) is 0. The first-order valence-corrected chi connectivity index (χ1v) is 9.74. The van der Waals surface area contributed by atoms with Gasteiger partial charge in [0.05, 0.1) is 23.4 Å². The summed E-state index contributed by atoms with van der Waals surface area (Å²) in [6.07, 6.45) is 1.12. The summed E-state index contributed by atoms with van der Waals surface area (Å²) in [4.78, 5) is 23.7. The summed E-state index contributed by atoms with van der Waals surface area (Å²) in [5, 5.41) is 0. The van der Waals surface area contributed by atoms with Crippen LogP contribution < -0.4 is 0 Å². The van der Waals surface area contributed by atoms with Crippen LogP contribution in [0.2, 0.25) is 0 Å². The molecule has 0 bridgehead atoms. The number of aromatic nitrogens is 3. The molecule has 158 valence electrons. The number of alkyl halides is 3. The predicted molar refractivity (Wildman–Crippen MR) is 106 cm³/mol. The number of imidazole rings is 1. The Labute approximate surface area is 174 Å². The van der Waals surface area contributed by atoms with E-state index in [-0.39, 0.29) is 17.5 Å². The molecule has 0 radical (unpaired) electrons. The van der Waals surface area contributed by atoms with Crippen LogP contribution in [0.5, 0.6) is 0 Å². The summed E-state index contributed by atoms with van der Waals surface area (Å²) in [6.45, 7) is 0.897. The number of nitrogens with zero attached hydrogens (tertiary/aromatic N) is 4. The van der Waals surface area contributed by atoms with E-state index in [9.17, 15) is 18.0 Å². The molecule has 1 atom stereocenters. The number of halogens is 3. The van der Waals surface area contributed by atoms with Gasteiger partial charge in [-0.25, -0.2) is 9.97 Å². The van der Waals surface area contributed by atoms with Gasteiger partial charge in [-0.05, 0) is 48.9 Å². The zero-order valence-corrected chi connectivity index (χ0v) is 16.2. The van der Waals surface area contributed by atoms with E-state index < -0.39 is 11.7 Å². The maximum Gasteiger partial charge on any atom is 0.416 e. The van der Waals surface area contributed by atoms with Gasteiger partial charge in [-0.15, -0.1) is 0 Å². The first kappa shape index (κ1) is 19.3. The normalized spacial score (nSPS) is 16.9. The fourth-order valence-corrected chi connectivity index (χ4v) is 3.99. The third kappa shape index (κ3) is 3.45. The van der Waals surface area contributed by atoms with E-state index in [1.165, 1.54) is 12.1 Å². The van der Waals surface area contributed by atoms with E-state index in [2.05, 4.69) is 4.98 Å². The smallest absolute Gasteiger partial charge is 0.416 e. The molecule has 0 unspecified atom stereocenters. The number of hydrogen-bond acceptors (Lipinski definition) is 4. The van der Waals surface area contributed by atoms with E-state index in [0.29, 0.717) is 31.0 Å². The molecular formula is C22H17F3N4O2. The van der Waals surface area contributed by atoms with Gasteiger partial charge < -0.3 is 13.9 Å². The molecule has 1 aliphatic rings. The van der Waals surface area contributed by atoms with E-state index in [4.69, 9.17) is 9.40 Å². The lowest BCUT2D eigenvalue weighted by Gasteiger charge is -2.19. The van der Waals surface area contributed by atoms with Crippen molar-refractivity contribution in [1.82, 2.24) is 19.4 Å². The fraction of sp³-hybridized carbons (Fsp3) is 0.227. The second-order valence-electron chi connectivity index (χ2n) is 7.43. The summed E-state index contributed by atoms with van der Waals surface area (Å²) in [6, 6.07) is 9.76. The number of furan rings is 1. The van der Waals surface area contributed by atoms with Gasteiger partial charge in [-0.3, -0.25) is 4.79 Å². The Hall–Kier alpha value is -3.62. The summed E-state index contributed by atoms with van der Waals surface area (Å²) in [5.41, 5.74) is 1.73. The Bertz CT molecular complexity index is 1230. The summed E-state index contributed by atoms with van der Waals surface area (Å²) >= 11 is 0. The first-order valence-electron chi connectivity index (χ1n) is 9.74. The summed E-state index contributed by atoms with van der Waals surface area (Å²) in [5.74, 6) is 0.412. The van der Waals surface area contributed by atoms with Crippen molar-refractivity contribution < 1.29 is 22.4 Å². The van der Waals surface area contributed by atoms with Crippen LogP contribution in [0, 0.1) is 0 Å². The number of rotatable bonds is 3. The molecule has 5 rings (SSSR count). The minimum atomic E-state index is -4.43. The van der Waals surface area contributed by atoms with Crippen LogP contribution in [-0.2, 0) is 6.18 Å². The van der Waals surface area contributed by atoms with E-state index in [1.54, 1.807) is 23.6 Å². The van der Waals surface area contributed by atoms with Gasteiger partial charge >= 0.3 is 6.18 Å². The van der Waals surface area contributed by atoms with Crippen LogP contribution in [0.3, 0.4) is 0 Å². The Morgan fingerprint density at radius 1 is 1.13 bits per heavy atom. The second-order valence-corrected chi connectivity index (χ2v) is 7.43. The average Bonchev–Trinajstić information content (AvgIpc) is 3.51. The van der Waals surface area contributed by atoms with Crippen molar-refractivity contribution in [2.75, 3.05) is 13.1 Å². The van der Waals surface area contributed by atoms with Crippen LogP contribution >= 0.6 is 0 Å². The number of likely N-dealkylation sites (tertiary alicyclic amines) is 1. The molecule has 9 heteroatoms. The molecule has 1 aliphatic heterocycles. The molecule has 1 amide bonds. The third-order valence-corrected chi connectivity index (χ3v) is 5.50. The van der Waals surface area contributed by atoms with Crippen LogP contribution in [0.4, 0.5) is 13.2 Å². The van der Waals surface area contributed by atoms with E-state index >= 15 is 0 Å². The lowest BCUT2D eigenvalue weighted by molar-refractivity contribution is -0.137. The zero-order chi connectivity index (χ0) is 21.6. The van der Waals surface area contributed by atoms with Crippen molar-refractivity contribution in [3.8, 4) is 11.4 Å². The van der Waals surface area contributed by atoms with Crippen molar-refractivity contribution in [1.29, 1.82) is 0 Å². The quantitative estimate of drug-likeness (QED) is 0.472. The van der Waals surface area contributed by atoms with Gasteiger partial charge in [0.1, 0.15) is 17.6 Å². The van der Waals surface area contributed by atoms with Gasteiger partial charge in [0.2, 0.25) is 0 Å². The molecular weight excluding hydrogens is 409 g/mol. The number of pyridine rings is 1. The van der Waals surface area contributed by atoms with Gasteiger partial charge in [-0.1, -0.05) is 0 Å². The molecule has 6 nitrogen and oxygen atoms in total. The van der Waals surface area contributed by atoms with Gasteiger partial charge in [-0.2, -0.15) is 13.2 Å². The van der Waals surface area contributed by atoms with Crippen LogP contribution in [-0.4, -0.2) is 38.4 Å². The minimum Gasteiger partial charge on any atom is -0.472 e. The number of carbonyl (C=O) groups is 1. The van der Waals surface area contributed by atoms with E-state index in [0.717, 1.165) is 23.2 Å². The highest BCUT2D eigenvalue weighted by Crippen LogP contribution is 2.33. The Morgan fingerprint density at radius 2 is 1.94 bits per heavy atom. The molecule has 1 saturated heterocycles. The van der Waals surface area contributed by atoms with E-state index in [1.807, 2.05) is 22.8 Å². The average molecular weight is 426 g/mol. The molecule has 0 aliphatic carbocycles. The van der Waals surface area contributed by atoms with Crippen molar-refractivity contribution in [3.05, 3.63) is 72.3 Å². The largest absolute Gasteiger partial charge is 0.472 e. The highest BCUT2D eigenvalue weighted by Gasteiger charge is 2.33. The number of fused-ring (bicyclic) bond motifs is 1. The zero-order valence-electron chi connectivity index (χ0n) is 16.2. The van der Waals surface area contributed by atoms with Gasteiger partial charge in [0.15, 0.2) is 5.65 Å². The molecule has 1 fully saturated rings. The number of carbonyl (C=O) groups excluding carboxylic acids is 1. The lowest BCUT2D eigenvalue weighted by Crippen LogP contribution is -2.29. The molecule has 4 heterocycles. The number of amides is 1. The molecule has 3 aromatic heterocycles. The Balaban J connectivity index is 1.43. The highest BCUT2D eigenvalue weighted by molar-refractivity contribution is 5.94. The number of benzene rings is 1. The van der Waals surface area contributed by atoms with Gasteiger partial charge in [0, 0.05) is 24.8 Å². The minimum absolute atomic E-state index is 0.0665. The third-order valence-electron chi connectivity index (χ3n) is 5.50. The van der Waals surface area contributed by atoms with Crippen molar-refractivity contribution in [2.45, 2.75) is 18.6 Å². The first-order chi connectivity index (χ1) is 14.9. The van der Waals surface area contributed by atoms with Crippen molar-refractivity contribution >= 4 is 17.1 Å². The monoisotopic (exact) mass is 426 g/mol. The predicted octanol–water partition coefficient (Wildman–Crippen LogP) is 4.80. The Morgan fingerprint density at radius 3 is 2.65 bits per heavy atom. The second kappa shape index (κ2) is 7.26. The van der Waals surface area contributed by atoms with Crippen molar-refractivity contribution in [3.63, 3.8) is 0 Å². The fourth-order valence-electron chi connectivity index (χ4n) is 3.99. The molecule has 4 aromatic rings. The topological polar surface area (TPSA) is 64.2 Å². The molecule has 0 N–H and O–H groups in total. The van der Waals surface area contributed by atoms with Crippen molar-refractivity contribution in [2.24, 2.45) is 0 Å². The standard InChI is InChI=1S/C22H17F3N4O2/c23-22(24,25)16-5-3-14(4-6-16)21(30)28-10-7-17(12-28)29-19(15-8-11-31-13-15)27-18-2-1-9-26-20(18)29/h1-6,8-9,11,13,17H,7,10,12H2/t17-/m0/s1. The molecule has 1 aromatic carbocycles. The van der Waals surface area contributed by atoms with Crippen LogP contribution in [0.1, 0.15) is 28.4 Å². The highest BCUT2D eigenvalue weighted by atomic mass is 19.4. The van der Waals surface area contributed by atoms with Gasteiger partial charge in [0.25, 0.3) is 5.91 Å². The van der Waals surface area contributed by atoms with Crippen LogP contribution in [0.25, 0.3) is 22.6 Å². The summed E-state index contributed by atoms with van der Waals surface area (Å²) < 4.78 is 45.6. The number of hydrogen-bond donors (Lipinski definition) is 0. The maximum absolute atomic E-state index is 12.9. The Kier molecular flexibility index (Phi) is 4.53. The molecule has 31 heavy (non-hydrogen) atoms. The molecule has 0 saturated carbocycles. The van der Waals surface area contributed by atoms with Crippen LogP contribution in [0.15, 0.2) is 65.6 Å².